The van der Waals surface area contributed by atoms with Gasteiger partial charge in [-0.05, 0) is 78.1 Å². The molecule has 0 atom stereocenters. The van der Waals surface area contributed by atoms with E-state index >= 15 is 0 Å². The van der Waals surface area contributed by atoms with E-state index in [9.17, 15) is 9.90 Å². The molecule has 0 aliphatic heterocycles. The van der Waals surface area contributed by atoms with Gasteiger partial charge in [0.15, 0.2) is 5.78 Å². The van der Waals surface area contributed by atoms with E-state index in [0.717, 1.165) is 92.1 Å². The number of carbonyl (C=O) groups excluding carboxylic acids is 1. The summed E-state index contributed by atoms with van der Waals surface area (Å²) in [6.45, 7) is 10.2. The van der Waals surface area contributed by atoms with Crippen LogP contribution < -0.4 is 0 Å². The number of hydrogen-bond acceptors (Lipinski definition) is 5. The summed E-state index contributed by atoms with van der Waals surface area (Å²) in [4.78, 5) is 20.8. The van der Waals surface area contributed by atoms with Crippen LogP contribution in [0.2, 0.25) is 0 Å². The fourth-order valence-electron chi connectivity index (χ4n) is 6.97. The van der Waals surface area contributed by atoms with Gasteiger partial charge < -0.3 is 14.5 Å². The smallest absolute Gasteiger partial charge is 0.162 e. The Hall–Kier alpha value is -4.90. The van der Waals surface area contributed by atoms with E-state index in [0.29, 0.717) is 0 Å². The Morgan fingerprint density at radius 3 is 2.15 bits per heavy atom. The predicted molar refractivity (Wildman–Crippen MR) is 211 cm³/mol. The molecule has 1 N–H and O–H groups in total. The van der Waals surface area contributed by atoms with E-state index in [2.05, 4.69) is 83.6 Å². The number of aryl methyl sites for hydroxylation is 1. The third-order valence-electron chi connectivity index (χ3n) is 9.96. The van der Waals surface area contributed by atoms with Crippen LogP contribution in [-0.4, -0.2) is 20.9 Å². The van der Waals surface area contributed by atoms with Crippen molar-refractivity contribution in [2.24, 2.45) is 11.8 Å². The van der Waals surface area contributed by atoms with Crippen LogP contribution in [0, 0.1) is 24.8 Å². The van der Waals surface area contributed by atoms with E-state index in [1.807, 2.05) is 70.4 Å². The Kier molecular flexibility index (Phi) is 12.9. The Labute approximate surface area is 320 Å². The van der Waals surface area contributed by atoms with Gasteiger partial charge in [-0.25, -0.2) is 0 Å². The van der Waals surface area contributed by atoms with Gasteiger partial charge in [0.25, 0.3) is 0 Å². The molecule has 4 aromatic carbocycles. The molecule has 5 nitrogen and oxygen atoms in total. The SMILES string of the molecule is CCC(CC)C(=O)/C=C(\O)C(CC)CC.Cc1cncc2c(-c3ccc(-c4ccccc4)c4c3oc3c(-c5ccccn5)[c-]ccc34)cccc12.[Ir]. The summed E-state index contributed by atoms with van der Waals surface area (Å²) in [5, 5.41) is 14.2. The van der Waals surface area contributed by atoms with Crippen molar-refractivity contribution < 1.29 is 34.4 Å². The summed E-state index contributed by atoms with van der Waals surface area (Å²) in [6, 6.07) is 34.6. The minimum atomic E-state index is 0. The average Bonchev–Trinajstić information content (AvgIpc) is 3.57. The summed E-state index contributed by atoms with van der Waals surface area (Å²) < 4.78 is 6.77. The summed E-state index contributed by atoms with van der Waals surface area (Å²) in [5.41, 5.74) is 8.96. The largest absolute Gasteiger partial charge is 0.512 e. The molecule has 1 radical (unpaired) electrons. The topological polar surface area (TPSA) is 76.2 Å². The first kappa shape index (κ1) is 38.3. The Balaban J connectivity index is 0.000000280. The van der Waals surface area contributed by atoms with Crippen molar-refractivity contribution in [3.63, 3.8) is 0 Å². The predicted octanol–water partition coefficient (Wildman–Crippen LogP) is 12.5. The van der Waals surface area contributed by atoms with Gasteiger partial charge in [-0.3, -0.25) is 9.78 Å². The molecule has 0 spiro atoms. The maximum atomic E-state index is 11.7. The van der Waals surface area contributed by atoms with Crippen molar-refractivity contribution in [1.82, 2.24) is 9.97 Å². The number of allylic oxidation sites excluding steroid dienone is 2. The van der Waals surface area contributed by atoms with E-state index in [1.54, 1.807) is 6.20 Å². The minimum absolute atomic E-state index is 0. The van der Waals surface area contributed by atoms with Crippen LogP contribution in [-0.2, 0) is 24.9 Å². The van der Waals surface area contributed by atoms with Gasteiger partial charge >= 0.3 is 0 Å². The number of carbonyl (C=O) groups is 1. The van der Waals surface area contributed by atoms with Crippen molar-refractivity contribution in [2.75, 3.05) is 0 Å². The normalized spacial score (nSPS) is 11.6. The van der Waals surface area contributed by atoms with E-state index in [4.69, 9.17) is 4.42 Å². The molecule has 0 bridgehead atoms. The molecule has 0 aliphatic carbocycles. The van der Waals surface area contributed by atoms with Gasteiger partial charge in [-0.1, -0.05) is 105 Å². The molecule has 0 amide bonds. The van der Waals surface area contributed by atoms with Crippen molar-refractivity contribution >= 4 is 38.5 Å². The molecule has 3 aromatic heterocycles. The van der Waals surface area contributed by atoms with Crippen molar-refractivity contribution in [3.8, 4) is 33.5 Å². The van der Waals surface area contributed by atoms with Crippen molar-refractivity contribution in [1.29, 1.82) is 0 Å². The average molecular weight is 866 g/mol. The van der Waals surface area contributed by atoms with Crippen LogP contribution in [0.5, 0.6) is 0 Å². The number of fused-ring (bicyclic) bond motifs is 4. The molecular weight excluding hydrogens is 821 g/mol. The fourth-order valence-corrected chi connectivity index (χ4v) is 6.97. The molecule has 52 heavy (non-hydrogen) atoms. The zero-order valence-electron chi connectivity index (χ0n) is 30.4. The second-order valence-electron chi connectivity index (χ2n) is 13.0. The first-order valence-electron chi connectivity index (χ1n) is 18.0. The fraction of sp³-hybridized carbons (Fsp3) is 0.239. The third-order valence-corrected chi connectivity index (χ3v) is 9.96. The number of aromatic nitrogens is 2. The second-order valence-corrected chi connectivity index (χ2v) is 13.0. The quantitative estimate of drug-likeness (QED) is 0.0842. The van der Waals surface area contributed by atoms with E-state index in [1.165, 1.54) is 11.5 Å². The number of hydrogen-bond donors (Lipinski definition) is 1. The number of aliphatic hydroxyl groups excluding tert-OH is 1. The standard InChI is InChI=1S/C33H21N2O.C13H24O2.Ir/c1-21-19-34-20-29-23(21)11-7-12-25(29)26-17-16-24(22-9-3-2-4-10-22)31-28-14-8-13-27(32(28)36-33(26)31)30-15-5-6-18-35-30;1-5-10(6-2)12(14)9-13(15)11(7-3)8-4;/h2-12,14-20H,1H3;9-11,14H,5-8H2,1-4H3;/q-1;;/b;12-9-;. The minimum Gasteiger partial charge on any atom is -0.512 e. The van der Waals surface area contributed by atoms with Crippen LogP contribution in [0.25, 0.3) is 66.2 Å². The maximum Gasteiger partial charge on any atom is 0.162 e. The molecular formula is C46H45IrN2O3-. The number of ketones is 1. The Morgan fingerprint density at radius 1 is 0.750 bits per heavy atom. The van der Waals surface area contributed by atoms with Crippen molar-refractivity contribution in [2.45, 2.75) is 60.3 Å². The van der Waals surface area contributed by atoms with Crippen LogP contribution in [0.3, 0.4) is 0 Å². The second kappa shape index (κ2) is 17.5. The number of furan rings is 1. The number of aliphatic hydroxyl groups is 1. The molecule has 6 heteroatoms. The Bertz CT molecular complexity index is 2300. The number of nitrogens with zero attached hydrogens (tertiary/aromatic N) is 2. The summed E-state index contributed by atoms with van der Waals surface area (Å²) in [5.74, 6) is 0.547. The van der Waals surface area contributed by atoms with Gasteiger partial charge in [0, 0.05) is 72.9 Å². The van der Waals surface area contributed by atoms with Gasteiger partial charge in [-0.2, -0.15) is 0 Å². The van der Waals surface area contributed by atoms with Crippen LogP contribution in [0.4, 0.5) is 0 Å². The zero-order chi connectivity index (χ0) is 35.9. The molecule has 7 aromatic rings. The monoisotopic (exact) mass is 866 g/mol. The maximum absolute atomic E-state index is 11.7. The summed E-state index contributed by atoms with van der Waals surface area (Å²) in [7, 11) is 0. The molecule has 0 aliphatic rings. The summed E-state index contributed by atoms with van der Waals surface area (Å²) >= 11 is 0. The molecule has 0 saturated heterocycles. The number of pyridine rings is 2. The van der Waals surface area contributed by atoms with Gasteiger partial charge in [-0.15, -0.1) is 18.2 Å². The Morgan fingerprint density at radius 2 is 1.46 bits per heavy atom. The van der Waals surface area contributed by atoms with E-state index in [-0.39, 0.29) is 43.5 Å². The van der Waals surface area contributed by atoms with Crippen LogP contribution in [0.1, 0.15) is 58.9 Å². The molecule has 7 rings (SSSR count). The van der Waals surface area contributed by atoms with Gasteiger partial charge in [0.05, 0.1) is 11.3 Å². The van der Waals surface area contributed by atoms with Crippen LogP contribution >= 0.6 is 0 Å². The zero-order valence-corrected chi connectivity index (χ0v) is 32.8. The van der Waals surface area contributed by atoms with E-state index < -0.39 is 0 Å². The summed E-state index contributed by atoms with van der Waals surface area (Å²) in [6.07, 6.45) is 10.6. The molecule has 267 valence electrons. The van der Waals surface area contributed by atoms with Crippen LogP contribution in [0.15, 0.2) is 126 Å². The third kappa shape index (κ3) is 7.79. The number of rotatable bonds is 10. The van der Waals surface area contributed by atoms with Gasteiger partial charge in [0.2, 0.25) is 0 Å². The first-order chi connectivity index (χ1) is 24.9. The molecule has 0 saturated carbocycles. The number of benzene rings is 4. The van der Waals surface area contributed by atoms with Crippen molar-refractivity contribution in [3.05, 3.63) is 133 Å². The van der Waals surface area contributed by atoms with Gasteiger partial charge in [0.1, 0.15) is 5.58 Å². The first-order valence-corrected chi connectivity index (χ1v) is 18.0. The molecule has 0 unspecified atom stereocenters. The molecule has 3 heterocycles. The molecule has 0 fully saturated rings.